The molecule has 7 nitrogen and oxygen atoms in total. The molecule has 2 aromatic carbocycles. The zero-order valence-corrected chi connectivity index (χ0v) is 19.7. The van der Waals surface area contributed by atoms with Crippen molar-refractivity contribution < 1.29 is 18.4 Å². The van der Waals surface area contributed by atoms with Crippen LogP contribution >= 0.6 is 0 Å². The van der Waals surface area contributed by atoms with E-state index in [0.29, 0.717) is 6.42 Å². The molecule has 2 heterocycles. The Hall–Kier alpha value is -3.07. The summed E-state index contributed by atoms with van der Waals surface area (Å²) in [7, 11) is -3.94. The number of benzene rings is 2. The number of nitrogens with zero attached hydrogens (tertiary/aromatic N) is 2. The third kappa shape index (κ3) is 4.17. The van der Waals surface area contributed by atoms with Gasteiger partial charge in [-0.3, -0.25) is 15.0 Å². The highest BCUT2D eigenvalue weighted by Crippen LogP contribution is 2.32. The van der Waals surface area contributed by atoms with Crippen LogP contribution in [0.3, 0.4) is 0 Å². The number of nitrogens with one attached hydrogen (secondary N) is 1. The van der Waals surface area contributed by atoms with Crippen LogP contribution in [0.5, 0.6) is 0 Å². The van der Waals surface area contributed by atoms with Crippen molar-refractivity contribution in [2.75, 3.05) is 13.1 Å². The number of aromatic nitrogens is 1. The average Bonchev–Trinajstić information content (AvgIpc) is 2.83. The first-order valence-electron chi connectivity index (χ1n) is 10.7. The summed E-state index contributed by atoms with van der Waals surface area (Å²) in [5.41, 5.74) is 7.80. The average molecular weight is 466 g/mol. The van der Waals surface area contributed by atoms with Gasteiger partial charge in [0.25, 0.3) is 5.91 Å². The van der Waals surface area contributed by atoms with Crippen molar-refractivity contribution in [3.8, 4) is 11.1 Å². The molecule has 33 heavy (non-hydrogen) atoms. The molecule has 4 rings (SSSR count). The second-order valence-electron chi connectivity index (χ2n) is 8.74. The largest absolute Gasteiger partial charge is 0.289 e. The molecule has 1 aliphatic rings. The molecule has 0 aliphatic carbocycles. The van der Waals surface area contributed by atoms with Crippen molar-refractivity contribution in [1.29, 1.82) is 0 Å². The maximum Gasteiger partial charge on any atom is 0.265 e. The van der Waals surface area contributed by atoms with E-state index in [-0.39, 0.29) is 13.1 Å². The van der Waals surface area contributed by atoms with E-state index in [1.807, 2.05) is 36.5 Å². The Morgan fingerprint density at radius 3 is 2.55 bits per heavy atom. The Kier molecular flexibility index (Phi) is 6.09. The SMILES string of the molecule is Cc1cc(C2=CCN(S(=O)(=O)C(C)(C)C(=O)NO)CC2)ccc1-c1cnc2ccccc2c1. The first kappa shape index (κ1) is 23.1. The maximum absolute atomic E-state index is 12.9. The lowest BCUT2D eigenvalue weighted by Gasteiger charge is -2.32. The molecule has 1 amide bonds. The lowest BCUT2D eigenvalue weighted by Crippen LogP contribution is -2.54. The molecule has 2 N–H and O–H groups in total. The lowest BCUT2D eigenvalue weighted by molar-refractivity contribution is -0.131. The predicted molar refractivity (Wildman–Crippen MR) is 129 cm³/mol. The summed E-state index contributed by atoms with van der Waals surface area (Å²) in [6.45, 7) is 5.08. The molecule has 0 radical (unpaired) electrons. The quantitative estimate of drug-likeness (QED) is 0.440. The summed E-state index contributed by atoms with van der Waals surface area (Å²) in [6.07, 6.45) is 4.31. The van der Waals surface area contributed by atoms with Gasteiger partial charge in [0.15, 0.2) is 4.75 Å². The highest BCUT2D eigenvalue weighted by molar-refractivity contribution is 7.91. The fourth-order valence-electron chi connectivity index (χ4n) is 4.11. The molecular formula is C25H27N3O4S. The van der Waals surface area contributed by atoms with Crippen LogP contribution < -0.4 is 5.48 Å². The van der Waals surface area contributed by atoms with Crippen LogP contribution in [0.1, 0.15) is 31.4 Å². The third-order valence-corrected chi connectivity index (χ3v) is 8.79. The van der Waals surface area contributed by atoms with Crippen LogP contribution in [-0.2, 0) is 14.8 Å². The number of hydrogen-bond donors (Lipinski definition) is 2. The van der Waals surface area contributed by atoms with E-state index in [4.69, 9.17) is 5.21 Å². The van der Waals surface area contributed by atoms with Crippen LogP contribution in [0.2, 0.25) is 0 Å². The molecule has 0 saturated carbocycles. The van der Waals surface area contributed by atoms with Crippen LogP contribution in [0.25, 0.3) is 27.6 Å². The van der Waals surface area contributed by atoms with Gasteiger partial charge >= 0.3 is 0 Å². The molecule has 1 aromatic heterocycles. The van der Waals surface area contributed by atoms with Gasteiger partial charge in [0.05, 0.1) is 5.52 Å². The normalized spacial score (nSPS) is 15.3. The van der Waals surface area contributed by atoms with Gasteiger partial charge in [-0.15, -0.1) is 0 Å². The van der Waals surface area contributed by atoms with E-state index < -0.39 is 20.7 Å². The highest BCUT2D eigenvalue weighted by atomic mass is 32.2. The number of hydrogen-bond acceptors (Lipinski definition) is 5. The van der Waals surface area contributed by atoms with E-state index in [1.165, 1.54) is 23.6 Å². The summed E-state index contributed by atoms with van der Waals surface area (Å²) in [5, 5.41) is 10.00. The minimum Gasteiger partial charge on any atom is -0.289 e. The molecular weight excluding hydrogens is 438 g/mol. The monoisotopic (exact) mass is 465 g/mol. The predicted octanol–water partition coefficient (Wildman–Crippen LogP) is 3.91. The van der Waals surface area contributed by atoms with Crippen LogP contribution in [-0.4, -0.2) is 46.7 Å². The van der Waals surface area contributed by atoms with Gasteiger partial charge in [-0.05, 0) is 61.6 Å². The van der Waals surface area contributed by atoms with Crippen molar-refractivity contribution in [3.63, 3.8) is 0 Å². The van der Waals surface area contributed by atoms with Crippen molar-refractivity contribution in [2.45, 2.75) is 31.9 Å². The van der Waals surface area contributed by atoms with E-state index in [1.54, 1.807) is 0 Å². The van der Waals surface area contributed by atoms with Crippen molar-refractivity contribution in [3.05, 3.63) is 71.9 Å². The molecule has 0 saturated heterocycles. The van der Waals surface area contributed by atoms with Gasteiger partial charge in [-0.25, -0.2) is 13.9 Å². The number of fused-ring (bicyclic) bond motifs is 1. The Balaban J connectivity index is 1.57. The Morgan fingerprint density at radius 1 is 1.12 bits per heavy atom. The van der Waals surface area contributed by atoms with E-state index in [9.17, 15) is 13.2 Å². The minimum atomic E-state index is -3.94. The van der Waals surface area contributed by atoms with Crippen molar-refractivity contribution in [1.82, 2.24) is 14.8 Å². The summed E-state index contributed by atoms with van der Waals surface area (Å²) < 4.78 is 25.4. The topological polar surface area (TPSA) is 99.6 Å². The number of amides is 1. The molecule has 3 aromatic rings. The Bertz CT molecular complexity index is 1360. The highest BCUT2D eigenvalue weighted by Gasteiger charge is 2.45. The van der Waals surface area contributed by atoms with E-state index in [0.717, 1.165) is 38.7 Å². The molecule has 172 valence electrons. The van der Waals surface area contributed by atoms with Crippen LogP contribution in [0, 0.1) is 6.92 Å². The maximum atomic E-state index is 12.9. The molecule has 8 heteroatoms. The molecule has 1 aliphatic heterocycles. The number of hydroxylamine groups is 1. The van der Waals surface area contributed by atoms with E-state index >= 15 is 0 Å². The minimum absolute atomic E-state index is 0.176. The summed E-state index contributed by atoms with van der Waals surface area (Å²) in [6, 6.07) is 16.4. The van der Waals surface area contributed by atoms with Gasteiger partial charge in [0.2, 0.25) is 10.0 Å². The van der Waals surface area contributed by atoms with E-state index in [2.05, 4.69) is 36.2 Å². The smallest absolute Gasteiger partial charge is 0.265 e. The summed E-state index contributed by atoms with van der Waals surface area (Å²) >= 11 is 0. The number of sulfonamides is 1. The first-order chi connectivity index (χ1) is 15.6. The molecule has 0 spiro atoms. The Morgan fingerprint density at radius 2 is 1.88 bits per heavy atom. The van der Waals surface area contributed by atoms with Gasteiger partial charge in [0.1, 0.15) is 0 Å². The zero-order chi connectivity index (χ0) is 23.8. The Labute approximate surface area is 193 Å². The summed E-state index contributed by atoms with van der Waals surface area (Å²) in [4.78, 5) is 16.4. The fraction of sp³-hybridized carbons (Fsp3) is 0.280. The molecule has 0 fully saturated rings. The third-order valence-electron chi connectivity index (χ3n) is 6.30. The standard InChI is InChI=1S/C25H27N3O4S/c1-17-14-19(8-9-22(17)21-15-20-6-4-5-7-23(20)26-16-21)18-10-12-28(13-11-18)33(31,32)25(2,3)24(29)27-30/h4-10,14-16,30H,11-13H2,1-3H3,(H,27,29). The number of rotatable bonds is 5. The zero-order valence-electron chi connectivity index (χ0n) is 18.9. The molecule has 0 unspecified atom stereocenters. The fourth-order valence-corrected chi connectivity index (χ4v) is 5.64. The number of para-hydroxylation sites is 1. The molecule has 0 bridgehead atoms. The number of pyridine rings is 1. The van der Waals surface area contributed by atoms with Gasteiger partial charge in [-0.1, -0.05) is 42.5 Å². The van der Waals surface area contributed by atoms with Crippen molar-refractivity contribution in [2.24, 2.45) is 0 Å². The van der Waals surface area contributed by atoms with Crippen LogP contribution in [0.4, 0.5) is 0 Å². The second-order valence-corrected chi connectivity index (χ2v) is 11.2. The second kappa shape index (κ2) is 8.70. The lowest BCUT2D eigenvalue weighted by atomic mass is 9.94. The number of carbonyl (C=O) groups excluding carboxylic acids is 1. The molecule has 0 atom stereocenters. The number of carbonyl (C=O) groups is 1. The van der Waals surface area contributed by atoms with Crippen LogP contribution in [0.15, 0.2) is 60.8 Å². The number of aryl methyl sites for hydroxylation is 1. The van der Waals surface area contributed by atoms with Crippen molar-refractivity contribution >= 4 is 32.4 Å². The van der Waals surface area contributed by atoms with Gasteiger partial charge in [0, 0.05) is 30.2 Å². The van der Waals surface area contributed by atoms with Gasteiger partial charge in [-0.2, -0.15) is 4.31 Å². The summed E-state index contributed by atoms with van der Waals surface area (Å²) in [5.74, 6) is -0.952. The first-order valence-corrected chi connectivity index (χ1v) is 12.2. The van der Waals surface area contributed by atoms with Gasteiger partial charge < -0.3 is 0 Å².